The molecule has 0 saturated heterocycles. The quantitative estimate of drug-likeness (QED) is 0.290. The molecule has 180 valence electrons. The van der Waals surface area contributed by atoms with Crippen molar-refractivity contribution in [1.82, 2.24) is 5.32 Å². The Labute approximate surface area is 209 Å². The minimum atomic E-state index is -0.876. The Morgan fingerprint density at radius 2 is 1.75 bits per heavy atom. The van der Waals surface area contributed by atoms with Crippen LogP contribution in [0.4, 0.5) is 0 Å². The molecule has 0 aliphatic rings. The van der Waals surface area contributed by atoms with Gasteiger partial charge in [0.1, 0.15) is 17.6 Å². The third kappa shape index (κ3) is 5.70. The van der Waals surface area contributed by atoms with E-state index in [1.54, 1.807) is 42.5 Å². The molecule has 0 aliphatic heterocycles. The number of aryl methyl sites for hydroxylation is 1. The van der Waals surface area contributed by atoms with Crippen molar-refractivity contribution < 1.29 is 19.4 Å². The lowest BCUT2D eigenvalue weighted by Crippen LogP contribution is -2.27. The number of carboxylic acid groups (broad SMARTS) is 1. The summed E-state index contributed by atoms with van der Waals surface area (Å²) in [4.78, 5) is 24.5. The summed E-state index contributed by atoms with van der Waals surface area (Å²) < 4.78 is 5.94. The van der Waals surface area contributed by atoms with E-state index in [4.69, 9.17) is 9.84 Å². The van der Waals surface area contributed by atoms with Gasteiger partial charge in [-0.15, -0.1) is 0 Å². The van der Waals surface area contributed by atoms with Gasteiger partial charge in [-0.25, -0.2) is 0 Å². The zero-order valence-electron chi connectivity index (χ0n) is 19.9. The average Bonchev–Trinajstić information content (AvgIpc) is 2.89. The lowest BCUT2D eigenvalue weighted by Gasteiger charge is -2.19. The van der Waals surface area contributed by atoms with Crippen molar-refractivity contribution in [2.45, 2.75) is 32.2 Å². The van der Waals surface area contributed by atoms with Gasteiger partial charge in [0.25, 0.3) is 5.91 Å². The number of para-hydroxylation sites is 1. The van der Waals surface area contributed by atoms with Crippen LogP contribution in [0.25, 0.3) is 10.8 Å². The van der Waals surface area contributed by atoms with E-state index < -0.39 is 5.97 Å². The minimum absolute atomic E-state index is 0.0151. The summed E-state index contributed by atoms with van der Waals surface area (Å²) >= 11 is 0. The number of nitrogens with one attached hydrogen (secondary N) is 1. The van der Waals surface area contributed by atoms with E-state index in [-0.39, 0.29) is 18.4 Å². The van der Waals surface area contributed by atoms with Crippen LogP contribution in [0.2, 0.25) is 0 Å². The van der Waals surface area contributed by atoms with E-state index in [2.05, 4.69) is 11.4 Å². The molecule has 0 radical (unpaired) electrons. The van der Waals surface area contributed by atoms with Crippen LogP contribution in [0.15, 0.2) is 84.9 Å². The number of aliphatic carboxylic acids is 1. The maximum absolute atomic E-state index is 13.5. The van der Waals surface area contributed by atoms with E-state index in [9.17, 15) is 14.9 Å². The fraction of sp³-hybridized carbons (Fsp3) is 0.167. The maximum Gasteiger partial charge on any atom is 0.303 e. The number of carbonyl (C=O) groups excluding carboxylic acids is 1. The molecule has 0 unspecified atom stereocenters. The smallest absolute Gasteiger partial charge is 0.303 e. The van der Waals surface area contributed by atoms with Crippen LogP contribution in [0, 0.1) is 11.3 Å². The Hall–Kier alpha value is -4.63. The number of carboxylic acids is 1. The summed E-state index contributed by atoms with van der Waals surface area (Å²) in [6, 6.07) is 27.9. The highest BCUT2D eigenvalue weighted by Crippen LogP contribution is 2.29. The van der Waals surface area contributed by atoms with Crippen molar-refractivity contribution in [3.8, 4) is 17.6 Å². The van der Waals surface area contributed by atoms with Gasteiger partial charge in [0.05, 0.1) is 11.6 Å². The van der Waals surface area contributed by atoms with E-state index >= 15 is 0 Å². The van der Waals surface area contributed by atoms with Gasteiger partial charge in [0.15, 0.2) is 0 Å². The Morgan fingerprint density at radius 3 is 2.56 bits per heavy atom. The molecule has 4 rings (SSSR count). The predicted octanol–water partition coefficient (Wildman–Crippen LogP) is 6.40. The van der Waals surface area contributed by atoms with Crippen LogP contribution in [0.1, 0.15) is 52.9 Å². The van der Waals surface area contributed by atoms with Crippen molar-refractivity contribution >= 4 is 22.6 Å². The molecule has 0 bridgehead atoms. The first-order valence-electron chi connectivity index (χ1n) is 11.8. The highest BCUT2D eigenvalue weighted by atomic mass is 16.5. The van der Waals surface area contributed by atoms with E-state index in [0.717, 1.165) is 21.9 Å². The number of rotatable bonds is 9. The van der Waals surface area contributed by atoms with Crippen LogP contribution in [0.3, 0.4) is 0 Å². The van der Waals surface area contributed by atoms with E-state index in [1.165, 1.54) is 0 Å². The van der Waals surface area contributed by atoms with Crippen LogP contribution in [-0.4, -0.2) is 17.0 Å². The van der Waals surface area contributed by atoms with Crippen LogP contribution in [-0.2, 0) is 11.2 Å². The average molecular weight is 479 g/mol. The molecule has 1 amide bonds. The first-order valence-corrected chi connectivity index (χ1v) is 11.8. The van der Waals surface area contributed by atoms with Crippen molar-refractivity contribution in [3.63, 3.8) is 0 Å². The topological polar surface area (TPSA) is 99.4 Å². The summed E-state index contributed by atoms with van der Waals surface area (Å²) in [5.74, 6) is -0.338. The minimum Gasteiger partial charge on any atom is -0.481 e. The monoisotopic (exact) mass is 478 g/mol. The van der Waals surface area contributed by atoms with Gasteiger partial charge >= 0.3 is 5.97 Å². The second kappa shape index (κ2) is 11.2. The Balaban J connectivity index is 1.63. The normalized spacial score (nSPS) is 11.4. The van der Waals surface area contributed by atoms with Crippen LogP contribution < -0.4 is 10.1 Å². The first-order chi connectivity index (χ1) is 17.5. The summed E-state index contributed by atoms with van der Waals surface area (Å²) in [5.41, 5.74) is 2.54. The maximum atomic E-state index is 13.5. The van der Waals surface area contributed by atoms with E-state index in [0.29, 0.717) is 35.5 Å². The molecule has 0 saturated carbocycles. The predicted molar refractivity (Wildman–Crippen MR) is 138 cm³/mol. The Morgan fingerprint density at radius 1 is 1.00 bits per heavy atom. The number of carbonyl (C=O) groups is 2. The van der Waals surface area contributed by atoms with Gasteiger partial charge in [-0.1, -0.05) is 60.7 Å². The van der Waals surface area contributed by atoms with Crippen molar-refractivity contribution in [2.75, 3.05) is 0 Å². The van der Waals surface area contributed by atoms with Crippen LogP contribution >= 0.6 is 0 Å². The lowest BCUT2D eigenvalue weighted by atomic mass is 9.98. The second-order valence-electron chi connectivity index (χ2n) is 8.54. The molecular weight excluding hydrogens is 452 g/mol. The number of ether oxygens (including phenoxy) is 1. The molecule has 0 aromatic heterocycles. The molecule has 36 heavy (non-hydrogen) atoms. The number of hydrogen-bond donors (Lipinski definition) is 2. The molecule has 0 spiro atoms. The molecule has 1 atom stereocenters. The molecular formula is C30H26N2O4. The lowest BCUT2D eigenvalue weighted by molar-refractivity contribution is -0.137. The van der Waals surface area contributed by atoms with E-state index in [1.807, 2.05) is 49.4 Å². The Kier molecular flexibility index (Phi) is 7.62. The molecule has 0 aliphatic carbocycles. The fourth-order valence-electron chi connectivity index (χ4n) is 4.23. The number of benzene rings is 4. The molecule has 4 aromatic carbocycles. The van der Waals surface area contributed by atoms with Gasteiger partial charge in [0.2, 0.25) is 0 Å². The summed E-state index contributed by atoms with van der Waals surface area (Å²) in [5, 5.41) is 23.7. The van der Waals surface area contributed by atoms with Gasteiger partial charge < -0.3 is 15.2 Å². The zero-order chi connectivity index (χ0) is 25.5. The van der Waals surface area contributed by atoms with Gasteiger partial charge in [0, 0.05) is 12.0 Å². The van der Waals surface area contributed by atoms with Gasteiger partial charge in [-0.2, -0.15) is 5.26 Å². The third-order valence-electron chi connectivity index (χ3n) is 6.04. The highest BCUT2D eigenvalue weighted by Gasteiger charge is 2.18. The second-order valence-corrected chi connectivity index (χ2v) is 8.54. The SMILES string of the molecule is C[C@@H](NC(=O)c1cc(Oc2ccccc2C#N)ccc1CCCC(=O)O)c1cccc2ccccc12. The first kappa shape index (κ1) is 24.5. The standard InChI is InChI=1S/C30H26N2O4/c1-20(25-13-6-10-21-8-2-4-12-26(21)25)32-30(35)27-18-24(17-16-22(27)11-7-15-29(33)34)36-28-14-5-3-9-23(28)19-31/h2-6,8-10,12-14,16-18,20H,7,11,15H2,1H3,(H,32,35)(H,33,34)/t20-/m1/s1. The van der Waals surface area contributed by atoms with Crippen LogP contribution in [0.5, 0.6) is 11.5 Å². The third-order valence-corrected chi connectivity index (χ3v) is 6.04. The van der Waals surface area contributed by atoms with Crippen molar-refractivity contribution in [3.05, 3.63) is 107 Å². The highest BCUT2D eigenvalue weighted by molar-refractivity contribution is 5.97. The largest absolute Gasteiger partial charge is 0.481 e. The van der Waals surface area contributed by atoms with Gasteiger partial charge in [-0.3, -0.25) is 9.59 Å². The molecule has 6 heteroatoms. The molecule has 6 nitrogen and oxygen atoms in total. The zero-order valence-corrected chi connectivity index (χ0v) is 19.9. The number of hydrogen-bond acceptors (Lipinski definition) is 4. The molecule has 4 aromatic rings. The Bertz CT molecular complexity index is 1450. The van der Waals surface area contributed by atoms with Gasteiger partial charge in [-0.05, 0) is 65.9 Å². The number of amides is 1. The number of nitriles is 1. The molecule has 0 heterocycles. The molecule has 2 N–H and O–H groups in total. The van der Waals surface area contributed by atoms with Crippen molar-refractivity contribution in [2.24, 2.45) is 0 Å². The number of nitrogens with zero attached hydrogens (tertiary/aromatic N) is 1. The molecule has 0 fully saturated rings. The van der Waals surface area contributed by atoms with Crippen molar-refractivity contribution in [1.29, 1.82) is 5.26 Å². The summed E-state index contributed by atoms with van der Waals surface area (Å²) in [7, 11) is 0. The number of fused-ring (bicyclic) bond motifs is 1. The summed E-state index contributed by atoms with van der Waals surface area (Å²) in [6.07, 6.45) is 0.861. The summed E-state index contributed by atoms with van der Waals surface area (Å²) in [6.45, 7) is 1.94. The fourth-order valence-corrected chi connectivity index (χ4v) is 4.23.